The average molecular weight is 267 g/mol. The standard InChI is InChI=1S/C14H25N3O2/c1-3-4-5-8-14(2)12(18)15-13(19)17(14)11-16-9-6-7-10-16/h3-11H2,1-2H3,(H,15,18,19). The average Bonchev–Trinajstić information content (AvgIpc) is 2.94. The van der Waals surface area contributed by atoms with Crippen LogP contribution in [-0.2, 0) is 4.79 Å². The largest absolute Gasteiger partial charge is 0.326 e. The maximum Gasteiger partial charge on any atom is 0.326 e. The summed E-state index contributed by atoms with van der Waals surface area (Å²) in [7, 11) is 0. The van der Waals surface area contributed by atoms with Gasteiger partial charge in [-0.3, -0.25) is 19.9 Å². The molecule has 5 nitrogen and oxygen atoms in total. The van der Waals surface area contributed by atoms with E-state index in [1.165, 1.54) is 12.8 Å². The van der Waals surface area contributed by atoms with Gasteiger partial charge in [-0.25, -0.2) is 4.79 Å². The number of carbonyl (C=O) groups is 2. The molecule has 1 unspecified atom stereocenters. The Morgan fingerprint density at radius 2 is 1.89 bits per heavy atom. The predicted molar refractivity (Wildman–Crippen MR) is 73.6 cm³/mol. The fourth-order valence-electron chi connectivity index (χ4n) is 2.96. The molecule has 2 rings (SSSR count). The third-order valence-corrected chi connectivity index (χ3v) is 4.36. The third kappa shape index (κ3) is 2.91. The van der Waals surface area contributed by atoms with Crippen LogP contribution in [0.25, 0.3) is 0 Å². The number of unbranched alkanes of at least 4 members (excludes halogenated alkanes) is 2. The molecule has 108 valence electrons. The van der Waals surface area contributed by atoms with Crippen LogP contribution in [0.2, 0.25) is 0 Å². The lowest BCUT2D eigenvalue weighted by Gasteiger charge is -2.34. The molecule has 2 heterocycles. The summed E-state index contributed by atoms with van der Waals surface area (Å²) in [5.41, 5.74) is -0.658. The Labute approximate surface area is 115 Å². The highest BCUT2D eigenvalue weighted by Gasteiger charge is 2.49. The van der Waals surface area contributed by atoms with Crippen molar-refractivity contribution >= 4 is 11.9 Å². The second-order valence-electron chi connectivity index (χ2n) is 5.88. The lowest BCUT2D eigenvalue weighted by molar-refractivity contribution is -0.126. The van der Waals surface area contributed by atoms with Crippen LogP contribution in [0.4, 0.5) is 4.79 Å². The topological polar surface area (TPSA) is 52.7 Å². The van der Waals surface area contributed by atoms with E-state index in [1.807, 2.05) is 6.92 Å². The van der Waals surface area contributed by atoms with Crippen LogP contribution in [0.1, 0.15) is 52.4 Å². The minimum Gasteiger partial charge on any atom is -0.297 e. The Hall–Kier alpha value is -1.10. The Balaban J connectivity index is 2.03. The molecule has 2 fully saturated rings. The first-order valence-electron chi connectivity index (χ1n) is 7.43. The summed E-state index contributed by atoms with van der Waals surface area (Å²) in [6.45, 7) is 6.69. The molecule has 0 aromatic carbocycles. The van der Waals surface area contributed by atoms with Gasteiger partial charge < -0.3 is 0 Å². The third-order valence-electron chi connectivity index (χ3n) is 4.36. The van der Waals surface area contributed by atoms with Gasteiger partial charge in [0.05, 0.1) is 6.67 Å². The molecule has 1 atom stereocenters. The fourth-order valence-corrected chi connectivity index (χ4v) is 2.96. The first-order valence-corrected chi connectivity index (χ1v) is 7.43. The number of carbonyl (C=O) groups excluding carboxylic acids is 2. The van der Waals surface area contributed by atoms with Gasteiger partial charge in [-0.1, -0.05) is 26.2 Å². The van der Waals surface area contributed by atoms with Crippen LogP contribution in [0.5, 0.6) is 0 Å². The Bertz CT molecular complexity index is 353. The van der Waals surface area contributed by atoms with Crippen molar-refractivity contribution in [3.05, 3.63) is 0 Å². The summed E-state index contributed by atoms with van der Waals surface area (Å²) in [6.07, 6.45) is 6.36. The first kappa shape index (κ1) is 14.3. The van der Waals surface area contributed by atoms with Crippen LogP contribution in [0, 0.1) is 0 Å². The van der Waals surface area contributed by atoms with Gasteiger partial charge in [0.15, 0.2) is 0 Å². The second kappa shape index (κ2) is 5.90. The van der Waals surface area contributed by atoms with Crippen molar-refractivity contribution in [3.63, 3.8) is 0 Å². The van der Waals surface area contributed by atoms with Crippen LogP contribution in [-0.4, -0.2) is 47.0 Å². The lowest BCUT2D eigenvalue weighted by Crippen LogP contribution is -2.51. The molecule has 2 saturated heterocycles. The number of nitrogens with one attached hydrogen (secondary N) is 1. The predicted octanol–water partition coefficient (Wildman–Crippen LogP) is 1.93. The molecule has 2 aliphatic rings. The van der Waals surface area contributed by atoms with Crippen molar-refractivity contribution in [2.24, 2.45) is 0 Å². The Kier molecular flexibility index (Phi) is 4.45. The number of nitrogens with zero attached hydrogens (tertiary/aromatic N) is 2. The molecular formula is C14H25N3O2. The first-order chi connectivity index (χ1) is 9.08. The SMILES string of the molecule is CCCCCC1(C)C(=O)NC(=O)N1CN1CCCC1. The van der Waals surface area contributed by atoms with E-state index >= 15 is 0 Å². The number of hydrogen-bond donors (Lipinski definition) is 1. The summed E-state index contributed by atoms with van der Waals surface area (Å²) >= 11 is 0. The van der Waals surface area contributed by atoms with E-state index < -0.39 is 5.54 Å². The molecule has 5 heteroatoms. The highest BCUT2D eigenvalue weighted by atomic mass is 16.2. The zero-order valence-electron chi connectivity index (χ0n) is 12.1. The van der Waals surface area contributed by atoms with E-state index in [0.717, 1.165) is 38.8 Å². The summed E-state index contributed by atoms with van der Waals surface area (Å²) < 4.78 is 0. The zero-order chi connectivity index (χ0) is 13.9. The summed E-state index contributed by atoms with van der Waals surface area (Å²) in [5.74, 6) is -0.132. The van der Waals surface area contributed by atoms with Crippen LogP contribution in [0.15, 0.2) is 0 Å². The molecular weight excluding hydrogens is 242 g/mol. The van der Waals surface area contributed by atoms with Crippen molar-refractivity contribution in [3.8, 4) is 0 Å². The van der Waals surface area contributed by atoms with Crippen LogP contribution in [0.3, 0.4) is 0 Å². The monoisotopic (exact) mass is 267 g/mol. The molecule has 0 spiro atoms. The summed E-state index contributed by atoms with van der Waals surface area (Å²) in [5, 5.41) is 2.48. The number of rotatable bonds is 6. The highest BCUT2D eigenvalue weighted by molar-refractivity contribution is 6.06. The van der Waals surface area contributed by atoms with Gasteiger partial charge >= 0.3 is 6.03 Å². The van der Waals surface area contributed by atoms with Gasteiger partial charge in [0.2, 0.25) is 0 Å². The van der Waals surface area contributed by atoms with Gasteiger partial charge in [-0.2, -0.15) is 0 Å². The maximum atomic E-state index is 12.1. The van der Waals surface area contributed by atoms with Gasteiger partial charge in [0.25, 0.3) is 5.91 Å². The Morgan fingerprint density at radius 3 is 2.53 bits per heavy atom. The van der Waals surface area contributed by atoms with Crippen molar-refractivity contribution in [1.82, 2.24) is 15.1 Å². The van der Waals surface area contributed by atoms with Crippen LogP contribution >= 0.6 is 0 Å². The molecule has 3 amide bonds. The van der Waals surface area contributed by atoms with E-state index in [0.29, 0.717) is 6.67 Å². The minimum atomic E-state index is -0.658. The summed E-state index contributed by atoms with van der Waals surface area (Å²) in [4.78, 5) is 28.1. The van der Waals surface area contributed by atoms with E-state index in [4.69, 9.17) is 0 Å². The molecule has 19 heavy (non-hydrogen) atoms. The molecule has 0 aromatic rings. The van der Waals surface area contributed by atoms with E-state index in [2.05, 4.69) is 17.1 Å². The van der Waals surface area contributed by atoms with Gasteiger partial charge in [-0.05, 0) is 39.3 Å². The van der Waals surface area contributed by atoms with E-state index in [9.17, 15) is 9.59 Å². The van der Waals surface area contributed by atoms with Crippen molar-refractivity contribution in [2.75, 3.05) is 19.8 Å². The van der Waals surface area contributed by atoms with Crippen molar-refractivity contribution in [2.45, 2.75) is 57.9 Å². The number of likely N-dealkylation sites (tertiary alicyclic amines) is 1. The maximum absolute atomic E-state index is 12.1. The smallest absolute Gasteiger partial charge is 0.297 e. The molecule has 0 bridgehead atoms. The fraction of sp³-hybridized carbons (Fsp3) is 0.857. The van der Waals surface area contributed by atoms with Crippen molar-refractivity contribution < 1.29 is 9.59 Å². The van der Waals surface area contributed by atoms with E-state index in [1.54, 1.807) is 4.90 Å². The normalized spacial score (nSPS) is 28.2. The van der Waals surface area contributed by atoms with Gasteiger partial charge in [0, 0.05) is 0 Å². The quantitative estimate of drug-likeness (QED) is 0.591. The number of imide groups is 1. The molecule has 2 aliphatic heterocycles. The van der Waals surface area contributed by atoms with Crippen LogP contribution < -0.4 is 5.32 Å². The second-order valence-corrected chi connectivity index (χ2v) is 5.88. The highest BCUT2D eigenvalue weighted by Crippen LogP contribution is 2.28. The van der Waals surface area contributed by atoms with Gasteiger partial charge in [-0.15, -0.1) is 0 Å². The minimum absolute atomic E-state index is 0.132. The lowest BCUT2D eigenvalue weighted by atomic mass is 9.93. The molecule has 0 aromatic heterocycles. The molecule has 0 saturated carbocycles. The molecule has 0 radical (unpaired) electrons. The number of amides is 3. The van der Waals surface area contributed by atoms with Gasteiger partial charge in [0.1, 0.15) is 5.54 Å². The Morgan fingerprint density at radius 1 is 1.21 bits per heavy atom. The van der Waals surface area contributed by atoms with Crippen molar-refractivity contribution in [1.29, 1.82) is 0 Å². The van der Waals surface area contributed by atoms with E-state index in [-0.39, 0.29) is 11.9 Å². The molecule has 0 aliphatic carbocycles. The summed E-state index contributed by atoms with van der Waals surface area (Å²) in [6, 6.07) is -0.226. The molecule has 1 N–H and O–H groups in total. The number of hydrogen-bond acceptors (Lipinski definition) is 3. The zero-order valence-corrected chi connectivity index (χ0v) is 12.1. The number of urea groups is 1.